The summed E-state index contributed by atoms with van der Waals surface area (Å²) in [6, 6.07) is 6.10. The Morgan fingerprint density at radius 2 is 2.35 bits per heavy atom. The van der Waals surface area contributed by atoms with Crippen molar-refractivity contribution in [3.8, 4) is 0 Å². The van der Waals surface area contributed by atoms with Crippen molar-refractivity contribution in [2.45, 2.75) is 25.3 Å². The Morgan fingerprint density at radius 3 is 3.05 bits per heavy atom. The summed E-state index contributed by atoms with van der Waals surface area (Å²) in [5, 5.41) is 2.94. The van der Waals surface area contributed by atoms with Gasteiger partial charge in [0.15, 0.2) is 0 Å². The average molecular weight is 270 g/mol. The van der Waals surface area contributed by atoms with Crippen LogP contribution < -0.4 is 11.1 Å². The molecule has 1 aliphatic rings. The maximum atomic E-state index is 12.2. The number of nitrogen functional groups attached to an aromatic ring is 1. The zero-order valence-electron chi connectivity index (χ0n) is 11.2. The second-order valence-electron chi connectivity index (χ2n) is 5.16. The van der Waals surface area contributed by atoms with Gasteiger partial charge in [-0.1, -0.05) is 6.07 Å². The molecule has 0 radical (unpaired) electrons. The van der Waals surface area contributed by atoms with Crippen molar-refractivity contribution in [3.63, 3.8) is 0 Å². The molecule has 1 aliphatic carbocycles. The van der Waals surface area contributed by atoms with Crippen LogP contribution in [0.4, 0.5) is 5.69 Å². The lowest BCUT2D eigenvalue weighted by Crippen LogP contribution is -2.27. The van der Waals surface area contributed by atoms with Gasteiger partial charge in [0.25, 0.3) is 5.91 Å². The van der Waals surface area contributed by atoms with Crippen molar-refractivity contribution in [2.24, 2.45) is 0 Å². The van der Waals surface area contributed by atoms with Gasteiger partial charge in [-0.25, -0.2) is 0 Å². The zero-order chi connectivity index (χ0) is 13.9. The molecule has 0 aromatic carbocycles. The van der Waals surface area contributed by atoms with Crippen LogP contribution in [0.15, 0.2) is 36.8 Å². The van der Waals surface area contributed by atoms with Crippen LogP contribution in [0.1, 0.15) is 34.9 Å². The van der Waals surface area contributed by atoms with Gasteiger partial charge < -0.3 is 15.6 Å². The second kappa shape index (κ2) is 5.36. The molecule has 3 N–H and O–H groups in total. The predicted molar refractivity (Wildman–Crippen MR) is 77.4 cm³/mol. The lowest BCUT2D eigenvalue weighted by Gasteiger charge is -2.08. The Labute approximate surface area is 117 Å². The lowest BCUT2D eigenvalue weighted by atomic mass is 10.2. The molecule has 1 saturated carbocycles. The first-order valence-electron chi connectivity index (χ1n) is 6.88. The predicted octanol–water partition coefficient (Wildman–Crippen LogP) is 1.77. The molecular weight excluding hydrogens is 252 g/mol. The number of nitrogens with two attached hydrogens (primary N) is 1. The summed E-state index contributed by atoms with van der Waals surface area (Å²) in [6.45, 7) is 0.597. The maximum absolute atomic E-state index is 12.2. The highest BCUT2D eigenvalue weighted by Gasteiger charge is 2.27. The molecular formula is C15H18N4O. The van der Waals surface area contributed by atoms with Crippen molar-refractivity contribution in [2.75, 3.05) is 12.3 Å². The molecule has 3 rings (SSSR count). The Kier molecular flexibility index (Phi) is 3.41. The van der Waals surface area contributed by atoms with Gasteiger partial charge in [-0.15, -0.1) is 0 Å². The van der Waals surface area contributed by atoms with E-state index in [1.54, 1.807) is 12.3 Å². The largest absolute Gasteiger partial charge is 0.397 e. The summed E-state index contributed by atoms with van der Waals surface area (Å²) in [5.74, 6) is -0.0579. The molecule has 2 aromatic heterocycles. The van der Waals surface area contributed by atoms with Crippen LogP contribution in [-0.4, -0.2) is 22.0 Å². The van der Waals surface area contributed by atoms with Crippen LogP contribution in [0.2, 0.25) is 0 Å². The number of hydrogen-bond donors (Lipinski definition) is 2. The normalized spacial score (nSPS) is 14.2. The third-order valence-corrected chi connectivity index (χ3v) is 3.46. The minimum absolute atomic E-state index is 0.0579. The molecule has 0 unspecified atom stereocenters. The molecule has 20 heavy (non-hydrogen) atoms. The fraction of sp³-hybridized carbons (Fsp3) is 0.333. The number of pyridine rings is 1. The van der Waals surface area contributed by atoms with Crippen molar-refractivity contribution in [1.82, 2.24) is 14.9 Å². The van der Waals surface area contributed by atoms with E-state index in [0.717, 1.165) is 24.8 Å². The zero-order valence-corrected chi connectivity index (χ0v) is 11.2. The van der Waals surface area contributed by atoms with Gasteiger partial charge in [-0.3, -0.25) is 9.78 Å². The molecule has 0 spiro atoms. The number of nitrogens with zero attached hydrogens (tertiary/aromatic N) is 2. The van der Waals surface area contributed by atoms with Crippen LogP contribution >= 0.6 is 0 Å². The highest BCUT2D eigenvalue weighted by atomic mass is 16.1. The summed E-state index contributed by atoms with van der Waals surface area (Å²) in [5.41, 5.74) is 8.22. The quantitative estimate of drug-likeness (QED) is 0.869. The lowest BCUT2D eigenvalue weighted by molar-refractivity contribution is 0.0944. The molecule has 0 saturated heterocycles. The Morgan fingerprint density at radius 1 is 1.50 bits per heavy atom. The highest BCUT2D eigenvalue weighted by molar-refractivity contribution is 5.93. The van der Waals surface area contributed by atoms with Crippen LogP contribution in [0.3, 0.4) is 0 Å². The van der Waals surface area contributed by atoms with E-state index in [1.165, 1.54) is 0 Å². The van der Waals surface area contributed by atoms with Crippen molar-refractivity contribution < 1.29 is 4.79 Å². The smallest absolute Gasteiger partial charge is 0.268 e. The van der Waals surface area contributed by atoms with Gasteiger partial charge in [0.05, 0.1) is 5.69 Å². The maximum Gasteiger partial charge on any atom is 0.268 e. The van der Waals surface area contributed by atoms with Gasteiger partial charge in [-0.2, -0.15) is 0 Å². The van der Waals surface area contributed by atoms with E-state index in [-0.39, 0.29) is 5.91 Å². The number of amides is 1. The monoisotopic (exact) mass is 270 g/mol. The van der Waals surface area contributed by atoms with E-state index < -0.39 is 0 Å². The first-order chi connectivity index (χ1) is 9.74. The van der Waals surface area contributed by atoms with Crippen molar-refractivity contribution in [3.05, 3.63) is 48.0 Å². The Balaban J connectivity index is 1.59. The number of rotatable bonds is 5. The van der Waals surface area contributed by atoms with Crippen molar-refractivity contribution in [1.29, 1.82) is 0 Å². The first-order valence-corrected chi connectivity index (χ1v) is 6.88. The standard InChI is InChI=1S/C15H18N4O/c16-12-8-14(19(10-12)13-3-4-13)15(20)18-7-5-11-2-1-6-17-9-11/h1-2,6,8-10,13H,3-5,7,16H2,(H,18,20). The summed E-state index contributed by atoms with van der Waals surface area (Å²) in [4.78, 5) is 16.3. The summed E-state index contributed by atoms with van der Waals surface area (Å²) >= 11 is 0. The molecule has 5 heteroatoms. The fourth-order valence-corrected chi connectivity index (χ4v) is 2.29. The third kappa shape index (κ3) is 2.82. The number of aromatic nitrogens is 2. The van der Waals surface area contributed by atoms with Gasteiger partial charge in [0.2, 0.25) is 0 Å². The van der Waals surface area contributed by atoms with E-state index in [0.29, 0.717) is 24.0 Å². The number of carbonyl (C=O) groups excluding carboxylic acids is 1. The number of carbonyl (C=O) groups is 1. The van der Waals surface area contributed by atoms with E-state index in [1.807, 2.05) is 29.1 Å². The minimum atomic E-state index is -0.0579. The molecule has 0 bridgehead atoms. The SMILES string of the molecule is Nc1cc(C(=O)NCCc2cccnc2)n(C2CC2)c1. The van der Waals surface area contributed by atoms with E-state index in [4.69, 9.17) is 5.73 Å². The van der Waals surface area contributed by atoms with Crippen molar-refractivity contribution >= 4 is 11.6 Å². The Bertz CT molecular complexity index is 602. The van der Waals surface area contributed by atoms with E-state index >= 15 is 0 Å². The second-order valence-corrected chi connectivity index (χ2v) is 5.16. The molecule has 1 fully saturated rings. The number of nitrogens with one attached hydrogen (secondary N) is 1. The van der Waals surface area contributed by atoms with Gasteiger partial charge >= 0.3 is 0 Å². The van der Waals surface area contributed by atoms with Crippen LogP contribution in [-0.2, 0) is 6.42 Å². The molecule has 0 aliphatic heterocycles. The minimum Gasteiger partial charge on any atom is -0.397 e. The van der Waals surface area contributed by atoms with Crippen LogP contribution in [0.25, 0.3) is 0 Å². The molecule has 2 aromatic rings. The fourth-order valence-electron chi connectivity index (χ4n) is 2.29. The Hall–Kier alpha value is -2.30. The van der Waals surface area contributed by atoms with Crippen LogP contribution in [0.5, 0.6) is 0 Å². The topological polar surface area (TPSA) is 72.9 Å². The van der Waals surface area contributed by atoms with Gasteiger partial charge in [0.1, 0.15) is 5.69 Å². The summed E-state index contributed by atoms with van der Waals surface area (Å²) in [7, 11) is 0. The summed E-state index contributed by atoms with van der Waals surface area (Å²) in [6.07, 6.45) is 8.45. The number of hydrogen-bond acceptors (Lipinski definition) is 3. The highest BCUT2D eigenvalue weighted by Crippen LogP contribution is 2.37. The van der Waals surface area contributed by atoms with E-state index in [9.17, 15) is 4.79 Å². The third-order valence-electron chi connectivity index (χ3n) is 3.46. The van der Waals surface area contributed by atoms with Gasteiger partial charge in [0, 0.05) is 31.2 Å². The van der Waals surface area contributed by atoms with Crippen LogP contribution in [0, 0.1) is 0 Å². The summed E-state index contributed by atoms with van der Waals surface area (Å²) < 4.78 is 1.99. The molecule has 1 amide bonds. The molecule has 0 atom stereocenters. The average Bonchev–Trinajstić information content (AvgIpc) is 3.22. The van der Waals surface area contributed by atoms with E-state index in [2.05, 4.69) is 10.3 Å². The van der Waals surface area contributed by atoms with Gasteiger partial charge in [-0.05, 0) is 37.0 Å². The number of anilines is 1. The molecule has 104 valence electrons. The first kappa shape index (κ1) is 12.7. The molecule has 5 nitrogen and oxygen atoms in total. The molecule has 2 heterocycles.